The summed E-state index contributed by atoms with van der Waals surface area (Å²) in [4.78, 5) is 24.9. The second kappa shape index (κ2) is 7.56. The van der Waals surface area contributed by atoms with Crippen LogP contribution >= 0.6 is 0 Å². The van der Waals surface area contributed by atoms with Gasteiger partial charge in [0.25, 0.3) is 11.8 Å². The monoisotopic (exact) mass is 350 g/mol. The average molecular weight is 350 g/mol. The lowest BCUT2D eigenvalue weighted by molar-refractivity contribution is 0.0944. The standard InChI is InChI=1S/C18H18N6O2/c1-12(2)20-18(26)15-8-3-4-9-16(15)21-17(25)13-6-5-7-14(10-13)24-11-19-22-23-24/h3-12H,1-2H3,(H,20,26)(H,21,25). The molecule has 0 atom stereocenters. The van der Waals surface area contributed by atoms with Crippen molar-refractivity contribution in [2.75, 3.05) is 5.32 Å². The lowest BCUT2D eigenvalue weighted by atomic mass is 10.1. The Morgan fingerprint density at radius 3 is 2.58 bits per heavy atom. The van der Waals surface area contributed by atoms with Crippen molar-refractivity contribution < 1.29 is 9.59 Å². The molecule has 0 spiro atoms. The van der Waals surface area contributed by atoms with Crippen molar-refractivity contribution in [2.24, 2.45) is 0 Å². The second-order valence-corrected chi connectivity index (χ2v) is 5.93. The smallest absolute Gasteiger partial charge is 0.255 e. The summed E-state index contributed by atoms with van der Waals surface area (Å²) in [7, 11) is 0. The summed E-state index contributed by atoms with van der Waals surface area (Å²) in [6.07, 6.45) is 1.45. The van der Waals surface area contributed by atoms with Crippen LogP contribution in [-0.2, 0) is 0 Å². The highest BCUT2D eigenvalue weighted by Crippen LogP contribution is 2.17. The van der Waals surface area contributed by atoms with Crippen LogP contribution < -0.4 is 10.6 Å². The third-order valence-electron chi connectivity index (χ3n) is 3.56. The van der Waals surface area contributed by atoms with Gasteiger partial charge in [0.15, 0.2) is 0 Å². The Morgan fingerprint density at radius 1 is 1.04 bits per heavy atom. The zero-order chi connectivity index (χ0) is 18.5. The number of nitrogens with one attached hydrogen (secondary N) is 2. The van der Waals surface area contributed by atoms with Gasteiger partial charge in [-0.05, 0) is 54.6 Å². The highest BCUT2D eigenvalue weighted by molar-refractivity contribution is 6.09. The number of hydrogen-bond donors (Lipinski definition) is 2. The molecule has 2 N–H and O–H groups in total. The largest absolute Gasteiger partial charge is 0.350 e. The van der Waals surface area contributed by atoms with Crippen molar-refractivity contribution in [3.05, 3.63) is 66.0 Å². The van der Waals surface area contributed by atoms with Gasteiger partial charge in [-0.2, -0.15) is 0 Å². The highest BCUT2D eigenvalue weighted by atomic mass is 16.2. The summed E-state index contributed by atoms with van der Waals surface area (Å²) in [6, 6.07) is 13.8. The van der Waals surface area contributed by atoms with Gasteiger partial charge in [-0.3, -0.25) is 9.59 Å². The van der Waals surface area contributed by atoms with Crippen LogP contribution in [-0.4, -0.2) is 38.1 Å². The van der Waals surface area contributed by atoms with E-state index in [-0.39, 0.29) is 17.9 Å². The first-order valence-electron chi connectivity index (χ1n) is 8.09. The van der Waals surface area contributed by atoms with Crippen molar-refractivity contribution in [2.45, 2.75) is 19.9 Å². The molecule has 2 amide bonds. The van der Waals surface area contributed by atoms with Crippen molar-refractivity contribution in [3.8, 4) is 5.69 Å². The molecule has 0 aliphatic carbocycles. The zero-order valence-corrected chi connectivity index (χ0v) is 14.4. The van der Waals surface area contributed by atoms with Crippen LogP contribution in [0.1, 0.15) is 34.6 Å². The number of para-hydroxylation sites is 1. The van der Waals surface area contributed by atoms with E-state index in [0.717, 1.165) is 0 Å². The molecule has 3 aromatic rings. The van der Waals surface area contributed by atoms with E-state index in [2.05, 4.69) is 26.2 Å². The van der Waals surface area contributed by atoms with E-state index in [1.165, 1.54) is 11.0 Å². The van der Waals surface area contributed by atoms with E-state index in [4.69, 9.17) is 0 Å². The number of benzene rings is 2. The van der Waals surface area contributed by atoms with Crippen LogP contribution in [0, 0.1) is 0 Å². The van der Waals surface area contributed by atoms with Gasteiger partial charge in [-0.25, -0.2) is 4.68 Å². The van der Waals surface area contributed by atoms with Crippen LogP contribution in [0.15, 0.2) is 54.9 Å². The van der Waals surface area contributed by atoms with E-state index >= 15 is 0 Å². The van der Waals surface area contributed by atoms with Crippen LogP contribution in [0.3, 0.4) is 0 Å². The summed E-state index contributed by atoms with van der Waals surface area (Å²) in [5, 5.41) is 16.6. The van der Waals surface area contributed by atoms with Crippen molar-refractivity contribution in [1.82, 2.24) is 25.5 Å². The fraction of sp³-hybridized carbons (Fsp3) is 0.167. The number of rotatable bonds is 5. The van der Waals surface area contributed by atoms with Crippen LogP contribution in [0.2, 0.25) is 0 Å². The quantitative estimate of drug-likeness (QED) is 0.733. The highest BCUT2D eigenvalue weighted by Gasteiger charge is 2.15. The minimum Gasteiger partial charge on any atom is -0.350 e. The molecule has 132 valence electrons. The van der Waals surface area contributed by atoms with Gasteiger partial charge in [0.05, 0.1) is 16.9 Å². The van der Waals surface area contributed by atoms with Crippen LogP contribution in [0.4, 0.5) is 5.69 Å². The van der Waals surface area contributed by atoms with Gasteiger partial charge in [-0.1, -0.05) is 18.2 Å². The van der Waals surface area contributed by atoms with Gasteiger partial charge in [-0.15, -0.1) is 5.10 Å². The number of carbonyl (C=O) groups is 2. The number of aromatic nitrogens is 4. The molecule has 2 aromatic carbocycles. The van der Waals surface area contributed by atoms with E-state index in [9.17, 15) is 9.59 Å². The minimum atomic E-state index is -0.329. The van der Waals surface area contributed by atoms with Gasteiger partial charge in [0.1, 0.15) is 6.33 Å². The molecule has 1 heterocycles. The first kappa shape index (κ1) is 17.3. The number of amides is 2. The third kappa shape index (κ3) is 3.92. The molecule has 8 heteroatoms. The van der Waals surface area contributed by atoms with Gasteiger partial charge >= 0.3 is 0 Å². The normalized spacial score (nSPS) is 10.6. The summed E-state index contributed by atoms with van der Waals surface area (Å²) in [5.74, 6) is -0.567. The first-order chi connectivity index (χ1) is 12.5. The molecule has 0 bridgehead atoms. The molecular formula is C18H18N6O2. The van der Waals surface area contributed by atoms with E-state index in [1.807, 2.05) is 13.8 Å². The zero-order valence-electron chi connectivity index (χ0n) is 14.4. The fourth-order valence-electron chi connectivity index (χ4n) is 2.39. The Balaban J connectivity index is 1.83. The topological polar surface area (TPSA) is 102 Å². The predicted octanol–water partition coefficient (Wildman–Crippen LogP) is 2.05. The molecular weight excluding hydrogens is 332 g/mol. The Hall–Kier alpha value is -3.55. The van der Waals surface area contributed by atoms with Gasteiger partial charge < -0.3 is 10.6 Å². The predicted molar refractivity (Wildman–Crippen MR) is 96.2 cm³/mol. The number of anilines is 1. The molecule has 0 aliphatic rings. The Kier molecular flexibility index (Phi) is 5.02. The Labute approximate surface area is 150 Å². The summed E-state index contributed by atoms with van der Waals surface area (Å²) in [5.41, 5.74) is 1.94. The minimum absolute atomic E-state index is 0.000714. The molecule has 8 nitrogen and oxygen atoms in total. The summed E-state index contributed by atoms with van der Waals surface area (Å²) in [6.45, 7) is 3.76. The average Bonchev–Trinajstić information content (AvgIpc) is 3.16. The molecule has 0 aliphatic heterocycles. The molecule has 0 unspecified atom stereocenters. The van der Waals surface area contributed by atoms with Gasteiger partial charge in [0.2, 0.25) is 0 Å². The van der Waals surface area contributed by atoms with Crippen LogP contribution in [0.25, 0.3) is 5.69 Å². The SMILES string of the molecule is CC(C)NC(=O)c1ccccc1NC(=O)c1cccc(-n2cnnn2)c1. The summed E-state index contributed by atoms with van der Waals surface area (Å²) >= 11 is 0. The number of nitrogens with zero attached hydrogens (tertiary/aromatic N) is 4. The lowest BCUT2D eigenvalue weighted by Gasteiger charge is -2.13. The maximum Gasteiger partial charge on any atom is 0.255 e. The first-order valence-corrected chi connectivity index (χ1v) is 8.09. The summed E-state index contributed by atoms with van der Waals surface area (Å²) < 4.78 is 1.46. The lowest BCUT2D eigenvalue weighted by Crippen LogP contribution is -2.31. The second-order valence-electron chi connectivity index (χ2n) is 5.93. The maximum absolute atomic E-state index is 12.6. The van der Waals surface area contributed by atoms with Crippen molar-refractivity contribution in [1.29, 1.82) is 0 Å². The Bertz CT molecular complexity index is 921. The molecule has 0 saturated heterocycles. The van der Waals surface area contributed by atoms with Crippen molar-refractivity contribution >= 4 is 17.5 Å². The molecule has 0 radical (unpaired) electrons. The van der Waals surface area contributed by atoms with E-state index < -0.39 is 0 Å². The van der Waals surface area contributed by atoms with Gasteiger partial charge in [0, 0.05) is 11.6 Å². The number of hydrogen-bond acceptors (Lipinski definition) is 5. The maximum atomic E-state index is 12.6. The number of carbonyl (C=O) groups excluding carboxylic acids is 2. The Morgan fingerprint density at radius 2 is 1.85 bits per heavy atom. The molecule has 3 rings (SSSR count). The van der Waals surface area contributed by atoms with Crippen LogP contribution in [0.5, 0.6) is 0 Å². The molecule has 1 aromatic heterocycles. The van der Waals surface area contributed by atoms with E-state index in [1.54, 1.807) is 48.5 Å². The molecule has 0 fully saturated rings. The molecule has 0 saturated carbocycles. The van der Waals surface area contributed by atoms with E-state index in [0.29, 0.717) is 22.5 Å². The third-order valence-corrected chi connectivity index (χ3v) is 3.56. The van der Waals surface area contributed by atoms with Crippen molar-refractivity contribution in [3.63, 3.8) is 0 Å². The fourth-order valence-corrected chi connectivity index (χ4v) is 2.39. The molecule has 26 heavy (non-hydrogen) atoms. The number of tetrazole rings is 1.